The second kappa shape index (κ2) is 10.8. The molecule has 5 heteroatoms. The predicted molar refractivity (Wildman–Crippen MR) is 119 cm³/mol. The summed E-state index contributed by atoms with van der Waals surface area (Å²) in [4.78, 5) is 24.0. The van der Waals surface area contributed by atoms with Crippen molar-refractivity contribution in [3.63, 3.8) is 0 Å². The number of benzene rings is 2. The molecule has 0 bridgehead atoms. The van der Waals surface area contributed by atoms with Gasteiger partial charge in [0.1, 0.15) is 0 Å². The van der Waals surface area contributed by atoms with E-state index in [4.69, 9.17) is 0 Å². The summed E-state index contributed by atoms with van der Waals surface area (Å²) >= 11 is 0. The molecule has 3 N–H and O–H groups in total. The van der Waals surface area contributed by atoms with Crippen LogP contribution in [0.25, 0.3) is 0 Å². The molecule has 2 atom stereocenters. The first-order valence-electron chi connectivity index (χ1n) is 10.3. The number of hydrogen-bond donors (Lipinski definition) is 3. The van der Waals surface area contributed by atoms with Crippen LogP contribution in [-0.2, 0) is 4.79 Å². The molecule has 0 heterocycles. The zero-order valence-electron chi connectivity index (χ0n) is 18.1. The standard InChI is InChI=1S/C24H33N3O2/c1-6-17(4)18-7-9-19(10-8-18)23(16(2)3)26-15-22(28)27-21-13-11-20(12-14-21)24(29)25-5/h7-14,16-17,23,26H,6,15H2,1-5H3,(H,25,29)(H,27,28)/t17-,23+/m0/s1. The third-order valence-electron chi connectivity index (χ3n) is 5.28. The monoisotopic (exact) mass is 395 g/mol. The van der Waals surface area contributed by atoms with Gasteiger partial charge in [0, 0.05) is 24.3 Å². The van der Waals surface area contributed by atoms with Crippen molar-refractivity contribution in [2.24, 2.45) is 5.92 Å². The smallest absolute Gasteiger partial charge is 0.251 e. The quantitative estimate of drug-likeness (QED) is 0.586. The van der Waals surface area contributed by atoms with Gasteiger partial charge in [0.15, 0.2) is 0 Å². The maximum Gasteiger partial charge on any atom is 0.251 e. The number of amides is 2. The average molecular weight is 396 g/mol. The maximum absolute atomic E-state index is 12.4. The van der Waals surface area contributed by atoms with Crippen LogP contribution in [0.15, 0.2) is 48.5 Å². The molecule has 2 aromatic rings. The normalized spacial score (nSPS) is 13.0. The number of carbonyl (C=O) groups excluding carboxylic acids is 2. The lowest BCUT2D eigenvalue weighted by Crippen LogP contribution is -2.33. The molecular formula is C24H33N3O2. The van der Waals surface area contributed by atoms with E-state index in [2.05, 4.69) is 67.9 Å². The highest BCUT2D eigenvalue weighted by molar-refractivity contribution is 5.96. The Morgan fingerprint density at radius 3 is 2.00 bits per heavy atom. The summed E-state index contributed by atoms with van der Waals surface area (Å²) in [5.74, 6) is 0.641. The summed E-state index contributed by atoms with van der Waals surface area (Å²) in [6.07, 6.45) is 1.12. The van der Waals surface area contributed by atoms with Crippen LogP contribution in [0.2, 0.25) is 0 Å². The lowest BCUT2D eigenvalue weighted by molar-refractivity contribution is -0.115. The molecule has 0 saturated carbocycles. The highest BCUT2D eigenvalue weighted by atomic mass is 16.2. The van der Waals surface area contributed by atoms with E-state index >= 15 is 0 Å². The van der Waals surface area contributed by atoms with Crippen LogP contribution in [0.1, 0.15) is 67.6 Å². The minimum atomic E-state index is -0.149. The molecule has 0 unspecified atom stereocenters. The predicted octanol–water partition coefficient (Wildman–Crippen LogP) is 4.49. The van der Waals surface area contributed by atoms with Gasteiger partial charge in [0.25, 0.3) is 5.91 Å². The van der Waals surface area contributed by atoms with Crippen LogP contribution in [0.5, 0.6) is 0 Å². The highest BCUT2D eigenvalue weighted by Crippen LogP contribution is 2.25. The van der Waals surface area contributed by atoms with E-state index in [1.807, 2.05) is 0 Å². The summed E-state index contributed by atoms with van der Waals surface area (Å²) in [5, 5.41) is 8.83. The van der Waals surface area contributed by atoms with Crippen LogP contribution in [0, 0.1) is 5.92 Å². The summed E-state index contributed by atoms with van der Waals surface area (Å²) in [5.41, 5.74) is 3.76. The average Bonchev–Trinajstić information content (AvgIpc) is 2.73. The minimum Gasteiger partial charge on any atom is -0.355 e. The third-order valence-corrected chi connectivity index (χ3v) is 5.28. The Hall–Kier alpha value is -2.66. The van der Waals surface area contributed by atoms with Gasteiger partial charge in [-0.25, -0.2) is 0 Å². The molecule has 0 radical (unpaired) electrons. The largest absolute Gasteiger partial charge is 0.355 e. The number of carbonyl (C=O) groups is 2. The summed E-state index contributed by atoms with van der Waals surface area (Å²) in [6, 6.07) is 15.6. The van der Waals surface area contributed by atoms with Crippen molar-refractivity contribution in [1.29, 1.82) is 0 Å². The van der Waals surface area contributed by atoms with E-state index in [-0.39, 0.29) is 24.4 Å². The zero-order valence-corrected chi connectivity index (χ0v) is 18.1. The topological polar surface area (TPSA) is 70.2 Å². The Kier molecular flexibility index (Phi) is 8.40. The Labute approximate surface area is 174 Å². The van der Waals surface area contributed by atoms with Crippen molar-refractivity contribution in [2.75, 3.05) is 18.9 Å². The van der Waals surface area contributed by atoms with E-state index in [0.29, 0.717) is 23.1 Å². The number of anilines is 1. The van der Waals surface area contributed by atoms with Crippen LogP contribution < -0.4 is 16.0 Å². The molecule has 0 aliphatic heterocycles. The zero-order chi connectivity index (χ0) is 21.4. The van der Waals surface area contributed by atoms with Crippen molar-refractivity contribution in [1.82, 2.24) is 10.6 Å². The summed E-state index contributed by atoms with van der Waals surface area (Å²) < 4.78 is 0. The molecular weight excluding hydrogens is 362 g/mol. The molecule has 0 saturated heterocycles. The molecule has 29 heavy (non-hydrogen) atoms. The molecule has 0 aliphatic carbocycles. The Morgan fingerprint density at radius 2 is 1.48 bits per heavy atom. The second-order valence-corrected chi connectivity index (χ2v) is 7.78. The number of nitrogens with one attached hydrogen (secondary N) is 3. The van der Waals surface area contributed by atoms with Gasteiger partial charge in [0.05, 0.1) is 6.54 Å². The van der Waals surface area contributed by atoms with Gasteiger partial charge in [-0.15, -0.1) is 0 Å². The van der Waals surface area contributed by atoms with E-state index in [9.17, 15) is 9.59 Å². The minimum absolute atomic E-state index is 0.0994. The van der Waals surface area contributed by atoms with Gasteiger partial charge in [-0.2, -0.15) is 0 Å². The van der Waals surface area contributed by atoms with E-state index in [0.717, 1.165) is 6.42 Å². The van der Waals surface area contributed by atoms with Gasteiger partial charge in [0.2, 0.25) is 5.91 Å². The molecule has 5 nitrogen and oxygen atoms in total. The fourth-order valence-corrected chi connectivity index (χ4v) is 3.26. The molecule has 2 amide bonds. The number of rotatable bonds is 9. The summed E-state index contributed by atoms with van der Waals surface area (Å²) in [7, 11) is 1.59. The molecule has 0 fully saturated rings. The first-order valence-corrected chi connectivity index (χ1v) is 10.3. The van der Waals surface area contributed by atoms with E-state index in [1.165, 1.54) is 11.1 Å². The van der Waals surface area contributed by atoms with Crippen molar-refractivity contribution in [3.05, 3.63) is 65.2 Å². The van der Waals surface area contributed by atoms with Gasteiger partial charge < -0.3 is 16.0 Å². The molecule has 2 rings (SSSR count). The Bertz CT molecular complexity index is 798. The second-order valence-electron chi connectivity index (χ2n) is 7.78. The Balaban J connectivity index is 1.96. The van der Waals surface area contributed by atoms with Gasteiger partial charge >= 0.3 is 0 Å². The van der Waals surface area contributed by atoms with Crippen LogP contribution in [0.4, 0.5) is 5.69 Å². The molecule has 2 aromatic carbocycles. The fraction of sp³-hybridized carbons (Fsp3) is 0.417. The van der Waals surface area contributed by atoms with Crippen LogP contribution in [-0.4, -0.2) is 25.4 Å². The van der Waals surface area contributed by atoms with Crippen molar-refractivity contribution < 1.29 is 9.59 Å². The first-order chi connectivity index (χ1) is 13.8. The summed E-state index contributed by atoms with van der Waals surface area (Å²) in [6.45, 7) is 8.94. The van der Waals surface area contributed by atoms with Gasteiger partial charge in [-0.1, -0.05) is 52.0 Å². The SMILES string of the molecule is CC[C@H](C)c1ccc([C@H](NCC(=O)Nc2ccc(C(=O)NC)cc2)C(C)C)cc1. The van der Waals surface area contributed by atoms with Crippen molar-refractivity contribution in [2.45, 2.75) is 46.1 Å². The molecule has 156 valence electrons. The van der Waals surface area contributed by atoms with Gasteiger partial charge in [-0.3, -0.25) is 9.59 Å². The number of hydrogen-bond acceptors (Lipinski definition) is 3. The lowest BCUT2D eigenvalue weighted by atomic mass is 9.92. The molecule has 0 aliphatic rings. The van der Waals surface area contributed by atoms with Crippen molar-refractivity contribution >= 4 is 17.5 Å². The fourth-order valence-electron chi connectivity index (χ4n) is 3.26. The van der Waals surface area contributed by atoms with Crippen LogP contribution in [0.3, 0.4) is 0 Å². The lowest BCUT2D eigenvalue weighted by Gasteiger charge is -2.23. The van der Waals surface area contributed by atoms with Gasteiger partial charge in [-0.05, 0) is 53.6 Å². The van der Waals surface area contributed by atoms with E-state index < -0.39 is 0 Å². The highest BCUT2D eigenvalue weighted by Gasteiger charge is 2.17. The molecule has 0 aromatic heterocycles. The van der Waals surface area contributed by atoms with E-state index in [1.54, 1.807) is 31.3 Å². The first kappa shape index (κ1) is 22.6. The molecule has 0 spiro atoms. The van der Waals surface area contributed by atoms with Crippen molar-refractivity contribution in [3.8, 4) is 0 Å². The Morgan fingerprint density at radius 1 is 0.897 bits per heavy atom. The van der Waals surface area contributed by atoms with Crippen LogP contribution >= 0.6 is 0 Å². The third kappa shape index (κ3) is 6.43. The maximum atomic E-state index is 12.4.